The van der Waals surface area contributed by atoms with Crippen LogP contribution in [0, 0.1) is 23.7 Å². The van der Waals surface area contributed by atoms with Gasteiger partial charge in [-0.3, -0.25) is 4.79 Å². The molecule has 0 saturated heterocycles. The minimum absolute atomic E-state index is 0.254. The molecule has 0 aromatic heterocycles. The van der Waals surface area contributed by atoms with E-state index in [0.717, 1.165) is 36.8 Å². The summed E-state index contributed by atoms with van der Waals surface area (Å²) in [6.45, 7) is 0. The minimum atomic E-state index is 0.254. The van der Waals surface area contributed by atoms with E-state index in [1.54, 1.807) is 0 Å². The molecule has 110 valence electrons. The molecule has 1 aliphatic rings. The van der Waals surface area contributed by atoms with Crippen molar-refractivity contribution >= 4 is 5.78 Å². The first-order valence-electron chi connectivity index (χ1n) is 7.98. The molecule has 2 aromatic carbocycles. The summed E-state index contributed by atoms with van der Waals surface area (Å²) in [6, 6.07) is 19.7. The van der Waals surface area contributed by atoms with Crippen molar-refractivity contribution in [2.24, 2.45) is 11.8 Å². The lowest BCUT2D eigenvalue weighted by Gasteiger charge is -1.99. The van der Waals surface area contributed by atoms with E-state index in [2.05, 4.69) is 11.8 Å². The summed E-state index contributed by atoms with van der Waals surface area (Å²) in [5.74, 6) is 7.56. The quantitative estimate of drug-likeness (QED) is 0.442. The van der Waals surface area contributed by atoms with Crippen LogP contribution in [0.5, 0.6) is 0 Å². The average Bonchev–Trinajstić information content (AvgIpc) is 3.35. The fraction of sp³-hybridized carbons (Fsp3) is 0.286. The lowest BCUT2D eigenvalue weighted by molar-refractivity contribution is 0.0960. The zero-order valence-electron chi connectivity index (χ0n) is 12.7. The molecule has 22 heavy (non-hydrogen) atoms. The standard InChI is InChI=1S/C21H20O/c22-21(18-13-7-3-8-14-18)20-16-19(20)15-9-2-6-12-17-10-4-1-5-11-17/h1,3-5,7-8,10-11,13-14,19-20H,2,9,15-16H2/t19-,20-/m0/s1. The molecule has 1 fully saturated rings. The van der Waals surface area contributed by atoms with E-state index in [1.807, 2.05) is 60.7 Å². The lowest BCUT2D eigenvalue weighted by Crippen LogP contribution is -2.03. The largest absolute Gasteiger partial charge is 0.294 e. The number of Topliss-reactive ketones (excluding diaryl/α,β-unsaturated/α-hetero) is 1. The minimum Gasteiger partial charge on any atom is -0.294 e. The molecule has 0 N–H and O–H groups in total. The maximum atomic E-state index is 12.3. The summed E-state index contributed by atoms with van der Waals surface area (Å²) in [5.41, 5.74) is 1.94. The number of carbonyl (C=O) groups excluding carboxylic acids is 1. The van der Waals surface area contributed by atoms with Crippen molar-refractivity contribution in [3.8, 4) is 11.8 Å². The molecule has 0 bridgehead atoms. The van der Waals surface area contributed by atoms with E-state index in [4.69, 9.17) is 0 Å². The Morgan fingerprint density at radius 2 is 1.68 bits per heavy atom. The third kappa shape index (κ3) is 3.86. The van der Waals surface area contributed by atoms with Crippen LogP contribution in [0.25, 0.3) is 0 Å². The summed E-state index contributed by atoms with van der Waals surface area (Å²) < 4.78 is 0. The Balaban J connectivity index is 1.40. The summed E-state index contributed by atoms with van der Waals surface area (Å²) >= 11 is 0. The van der Waals surface area contributed by atoms with E-state index < -0.39 is 0 Å². The van der Waals surface area contributed by atoms with Crippen LogP contribution in [0.4, 0.5) is 0 Å². The summed E-state index contributed by atoms with van der Waals surface area (Å²) in [6.07, 6.45) is 4.17. The predicted molar refractivity (Wildman–Crippen MR) is 89.5 cm³/mol. The van der Waals surface area contributed by atoms with Gasteiger partial charge in [-0.2, -0.15) is 0 Å². The van der Waals surface area contributed by atoms with Gasteiger partial charge in [0.15, 0.2) is 5.78 Å². The third-order valence-corrected chi connectivity index (χ3v) is 4.20. The van der Waals surface area contributed by atoms with Crippen molar-refractivity contribution in [2.45, 2.75) is 25.7 Å². The molecule has 1 aliphatic carbocycles. The Kier molecular flexibility index (Phi) is 4.71. The Morgan fingerprint density at radius 1 is 1.00 bits per heavy atom. The van der Waals surface area contributed by atoms with Gasteiger partial charge in [-0.25, -0.2) is 0 Å². The lowest BCUT2D eigenvalue weighted by atomic mass is 10.0. The van der Waals surface area contributed by atoms with Crippen LogP contribution in [-0.4, -0.2) is 5.78 Å². The van der Waals surface area contributed by atoms with E-state index in [-0.39, 0.29) is 5.92 Å². The Hall–Kier alpha value is -2.33. The number of ketones is 1. The molecule has 0 radical (unpaired) electrons. The van der Waals surface area contributed by atoms with Gasteiger partial charge in [-0.1, -0.05) is 60.4 Å². The number of rotatable bonds is 5. The molecule has 0 heterocycles. The first-order chi connectivity index (χ1) is 10.8. The third-order valence-electron chi connectivity index (χ3n) is 4.20. The summed E-state index contributed by atoms with van der Waals surface area (Å²) in [4.78, 5) is 12.3. The highest BCUT2D eigenvalue weighted by Crippen LogP contribution is 2.44. The highest BCUT2D eigenvalue weighted by atomic mass is 16.1. The fourth-order valence-corrected chi connectivity index (χ4v) is 2.84. The van der Waals surface area contributed by atoms with Gasteiger partial charge in [0.25, 0.3) is 0 Å². The number of hydrogen-bond donors (Lipinski definition) is 0. The normalized spacial score (nSPS) is 19.1. The van der Waals surface area contributed by atoms with Gasteiger partial charge >= 0.3 is 0 Å². The van der Waals surface area contributed by atoms with E-state index in [0.29, 0.717) is 11.7 Å². The van der Waals surface area contributed by atoms with Gasteiger partial charge in [0.05, 0.1) is 0 Å². The van der Waals surface area contributed by atoms with Gasteiger partial charge in [-0.15, -0.1) is 0 Å². The van der Waals surface area contributed by atoms with Crippen LogP contribution in [-0.2, 0) is 0 Å². The van der Waals surface area contributed by atoms with E-state index in [1.165, 1.54) is 0 Å². The van der Waals surface area contributed by atoms with E-state index >= 15 is 0 Å². The molecule has 3 rings (SSSR count). The predicted octanol–water partition coefficient (Wildman–Crippen LogP) is 4.73. The average molecular weight is 288 g/mol. The van der Waals surface area contributed by atoms with Crippen molar-refractivity contribution in [1.29, 1.82) is 0 Å². The van der Waals surface area contributed by atoms with Crippen LogP contribution in [0.3, 0.4) is 0 Å². The van der Waals surface area contributed by atoms with Crippen molar-refractivity contribution in [2.75, 3.05) is 0 Å². The van der Waals surface area contributed by atoms with Crippen molar-refractivity contribution in [1.82, 2.24) is 0 Å². The zero-order valence-corrected chi connectivity index (χ0v) is 12.7. The Bertz CT molecular complexity index is 676. The van der Waals surface area contributed by atoms with E-state index in [9.17, 15) is 4.79 Å². The van der Waals surface area contributed by atoms with Gasteiger partial charge in [0, 0.05) is 23.5 Å². The monoisotopic (exact) mass is 288 g/mol. The van der Waals surface area contributed by atoms with Crippen LogP contribution in [0.1, 0.15) is 41.6 Å². The molecule has 1 heteroatoms. The Morgan fingerprint density at radius 3 is 2.41 bits per heavy atom. The van der Waals surface area contributed by atoms with Crippen LogP contribution in [0.15, 0.2) is 60.7 Å². The van der Waals surface area contributed by atoms with Crippen LogP contribution in [0.2, 0.25) is 0 Å². The maximum absolute atomic E-state index is 12.3. The number of benzene rings is 2. The molecule has 2 aromatic rings. The second kappa shape index (κ2) is 7.09. The number of hydrogen-bond acceptors (Lipinski definition) is 1. The van der Waals surface area contributed by atoms with Crippen molar-refractivity contribution in [3.63, 3.8) is 0 Å². The van der Waals surface area contributed by atoms with Crippen LogP contribution < -0.4 is 0 Å². The number of carbonyl (C=O) groups is 1. The SMILES string of the molecule is O=C(c1ccccc1)[C@H]1C[C@@H]1CCCC#Cc1ccccc1. The first-order valence-corrected chi connectivity index (χ1v) is 7.98. The van der Waals surface area contributed by atoms with Crippen molar-refractivity contribution < 1.29 is 4.79 Å². The molecule has 0 unspecified atom stereocenters. The molecule has 0 aliphatic heterocycles. The second-order valence-electron chi connectivity index (χ2n) is 5.89. The fourth-order valence-electron chi connectivity index (χ4n) is 2.84. The van der Waals surface area contributed by atoms with Crippen molar-refractivity contribution in [3.05, 3.63) is 71.8 Å². The number of unbranched alkanes of at least 4 members (excludes halogenated alkanes) is 1. The molecular formula is C21H20O. The molecule has 0 amide bonds. The maximum Gasteiger partial charge on any atom is 0.166 e. The summed E-state index contributed by atoms with van der Waals surface area (Å²) in [5, 5.41) is 0. The molecule has 1 nitrogen and oxygen atoms in total. The zero-order chi connectivity index (χ0) is 15.2. The highest BCUT2D eigenvalue weighted by Gasteiger charge is 2.42. The van der Waals surface area contributed by atoms with Gasteiger partial charge in [0.1, 0.15) is 0 Å². The Labute approximate surface area is 132 Å². The topological polar surface area (TPSA) is 17.1 Å². The summed E-state index contributed by atoms with van der Waals surface area (Å²) in [7, 11) is 0. The first kappa shape index (κ1) is 14.6. The second-order valence-corrected chi connectivity index (χ2v) is 5.89. The van der Waals surface area contributed by atoms with Gasteiger partial charge in [-0.05, 0) is 37.3 Å². The van der Waals surface area contributed by atoms with Gasteiger partial charge < -0.3 is 0 Å². The smallest absolute Gasteiger partial charge is 0.166 e. The molecule has 1 saturated carbocycles. The highest BCUT2D eigenvalue weighted by molar-refractivity contribution is 5.99. The van der Waals surface area contributed by atoms with Crippen LogP contribution >= 0.6 is 0 Å². The molecular weight excluding hydrogens is 268 g/mol. The molecule has 0 spiro atoms. The molecule has 2 atom stereocenters. The van der Waals surface area contributed by atoms with Gasteiger partial charge in [0.2, 0.25) is 0 Å².